The summed E-state index contributed by atoms with van der Waals surface area (Å²) in [7, 11) is 0. The van der Waals surface area contributed by atoms with Crippen molar-refractivity contribution in [3.63, 3.8) is 0 Å². The van der Waals surface area contributed by atoms with Gasteiger partial charge in [0.05, 0.1) is 0 Å². The number of nitrogens with zero attached hydrogens (tertiary/aromatic N) is 3. The molecule has 1 amide bonds. The van der Waals surface area contributed by atoms with Gasteiger partial charge in [0.25, 0.3) is 0 Å². The fourth-order valence-corrected chi connectivity index (χ4v) is 5.95. The van der Waals surface area contributed by atoms with E-state index in [-0.39, 0.29) is 11.8 Å². The normalized spacial score (nSPS) is 18.3. The number of nitrogens with one attached hydrogen (secondary N) is 1. The van der Waals surface area contributed by atoms with Crippen LogP contribution in [0, 0.1) is 5.92 Å². The first-order valence-corrected chi connectivity index (χ1v) is 14.1. The van der Waals surface area contributed by atoms with E-state index < -0.39 is 0 Å². The molecule has 5 nitrogen and oxygen atoms in total. The number of hydrogen-bond acceptors (Lipinski definition) is 3. The average molecular weight is 487 g/mol. The molecule has 0 aliphatic carbocycles. The van der Waals surface area contributed by atoms with Gasteiger partial charge in [0.1, 0.15) is 0 Å². The molecule has 2 aliphatic heterocycles. The quantitative estimate of drug-likeness (QED) is 0.418. The molecule has 0 bridgehead atoms. The van der Waals surface area contributed by atoms with E-state index in [9.17, 15) is 4.79 Å². The zero-order chi connectivity index (χ0) is 24.6. The van der Waals surface area contributed by atoms with Crippen LogP contribution in [0.2, 0.25) is 0 Å². The van der Waals surface area contributed by atoms with Crippen LogP contribution in [0.1, 0.15) is 56.2 Å². The Hall–Kier alpha value is -2.63. The van der Waals surface area contributed by atoms with Crippen LogP contribution in [-0.4, -0.2) is 59.5 Å². The molecule has 5 rings (SSSR count). The maximum atomic E-state index is 12.8. The standard InChI is InChI=1S/C31H42N4O/c36-31(32-17-10-20-33-18-8-1-2-9-19-33)27-15-21-34(22-16-27)25-29-23-28-13-6-7-14-30(28)35(29)24-26-11-4-3-5-12-26/h3-7,11-14,23,27H,1-2,8-10,15-22,24-25H2,(H,32,36). The lowest BCUT2D eigenvalue weighted by Gasteiger charge is -2.31. The second-order valence-corrected chi connectivity index (χ2v) is 10.7. The Morgan fingerprint density at radius 3 is 2.31 bits per heavy atom. The molecule has 192 valence electrons. The van der Waals surface area contributed by atoms with Gasteiger partial charge < -0.3 is 14.8 Å². The van der Waals surface area contributed by atoms with Gasteiger partial charge in [0, 0.05) is 36.8 Å². The highest BCUT2D eigenvalue weighted by Crippen LogP contribution is 2.25. The summed E-state index contributed by atoms with van der Waals surface area (Å²) in [6.45, 7) is 8.20. The third-order valence-electron chi connectivity index (χ3n) is 8.07. The summed E-state index contributed by atoms with van der Waals surface area (Å²) < 4.78 is 2.47. The Kier molecular flexibility index (Phi) is 8.73. The van der Waals surface area contributed by atoms with Crippen molar-refractivity contribution >= 4 is 16.8 Å². The highest BCUT2D eigenvalue weighted by Gasteiger charge is 2.25. The number of hydrogen-bond donors (Lipinski definition) is 1. The SMILES string of the molecule is O=C(NCCCN1CCCCCC1)C1CCN(Cc2cc3ccccc3n2Cc2ccccc2)CC1. The van der Waals surface area contributed by atoms with Crippen molar-refractivity contribution < 1.29 is 4.79 Å². The summed E-state index contributed by atoms with van der Waals surface area (Å²) in [5.74, 6) is 0.429. The van der Waals surface area contributed by atoms with Crippen molar-refractivity contribution in [1.29, 1.82) is 0 Å². The van der Waals surface area contributed by atoms with Gasteiger partial charge in [-0.3, -0.25) is 9.69 Å². The first kappa shape index (κ1) is 25.0. The van der Waals surface area contributed by atoms with Crippen LogP contribution < -0.4 is 5.32 Å². The minimum absolute atomic E-state index is 0.162. The monoisotopic (exact) mass is 486 g/mol. The Morgan fingerprint density at radius 1 is 0.806 bits per heavy atom. The zero-order valence-electron chi connectivity index (χ0n) is 21.7. The number of aromatic nitrogens is 1. The molecule has 3 aromatic rings. The van der Waals surface area contributed by atoms with Gasteiger partial charge in [-0.25, -0.2) is 0 Å². The lowest BCUT2D eigenvalue weighted by molar-refractivity contribution is -0.126. The Bertz CT molecular complexity index is 1090. The number of piperidine rings is 1. The van der Waals surface area contributed by atoms with E-state index in [1.54, 1.807) is 0 Å². The highest BCUT2D eigenvalue weighted by atomic mass is 16.1. The summed E-state index contributed by atoms with van der Waals surface area (Å²) in [6.07, 6.45) is 8.39. The average Bonchev–Trinajstić information content (AvgIpc) is 3.06. The van der Waals surface area contributed by atoms with Crippen molar-refractivity contribution in [2.24, 2.45) is 5.92 Å². The highest BCUT2D eigenvalue weighted by molar-refractivity contribution is 5.81. The molecule has 2 aliphatic rings. The number of fused-ring (bicyclic) bond motifs is 1. The first-order valence-electron chi connectivity index (χ1n) is 14.1. The van der Waals surface area contributed by atoms with Crippen LogP contribution in [0.15, 0.2) is 60.7 Å². The molecule has 0 radical (unpaired) electrons. The van der Waals surface area contributed by atoms with Crippen molar-refractivity contribution in [1.82, 2.24) is 19.7 Å². The van der Waals surface area contributed by atoms with Gasteiger partial charge in [0.2, 0.25) is 5.91 Å². The lowest BCUT2D eigenvalue weighted by atomic mass is 9.95. The topological polar surface area (TPSA) is 40.5 Å². The van der Waals surface area contributed by atoms with Crippen molar-refractivity contribution in [2.75, 3.05) is 39.3 Å². The van der Waals surface area contributed by atoms with E-state index in [0.29, 0.717) is 0 Å². The molecule has 1 aromatic heterocycles. The molecule has 2 aromatic carbocycles. The lowest BCUT2D eigenvalue weighted by Crippen LogP contribution is -2.41. The summed E-state index contributed by atoms with van der Waals surface area (Å²) >= 11 is 0. The predicted molar refractivity (Wildman–Crippen MR) is 148 cm³/mol. The summed E-state index contributed by atoms with van der Waals surface area (Å²) in [5.41, 5.74) is 3.98. The minimum Gasteiger partial charge on any atom is -0.356 e. The number of benzene rings is 2. The summed E-state index contributed by atoms with van der Waals surface area (Å²) in [4.78, 5) is 17.9. The number of rotatable bonds is 9. The van der Waals surface area contributed by atoms with E-state index in [2.05, 4.69) is 80.3 Å². The van der Waals surface area contributed by atoms with Gasteiger partial charge in [-0.05, 0) is 87.9 Å². The van der Waals surface area contributed by atoms with Gasteiger partial charge >= 0.3 is 0 Å². The van der Waals surface area contributed by atoms with Crippen LogP contribution in [0.3, 0.4) is 0 Å². The van der Waals surface area contributed by atoms with Gasteiger partial charge in [-0.2, -0.15) is 0 Å². The van der Waals surface area contributed by atoms with Crippen molar-refractivity contribution in [3.05, 3.63) is 71.9 Å². The fourth-order valence-electron chi connectivity index (χ4n) is 5.95. The number of amides is 1. The predicted octanol–water partition coefficient (Wildman–Crippen LogP) is 5.28. The Balaban J connectivity index is 1.11. The number of likely N-dealkylation sites (tertiary alicyclic amines) is 2. The second-order valence-electron chi connectivity index (χ2n) is 10.7. The third kappa shape index (κ3) is 6.57. The van der Waals surface area contributed by atoms with Gasteiger partial charge in [-0.15, -0.1) is 0 Å². The Morgan fingerprint density at radius 2 is 1.53 bits per heavy atom. The molecule has 2 fully saturated rings. The maximum Gasteiger partial charge on any atom is 0.223 e. The molecule has 36 heavy (non-hydrogen) atoms. The molecule has 0 saturated carbocycles. The second kappa shape index (κ2) is 12.6. The third-order valence-corrected chi connectivity index (χ3v) is 8.07. The van der Waals surface area contributed by atoms with Gasteiger partial charge in [0.15, 0.2) is 0 Å². The number of para-hydroxylation sites is 1. The molecule has 3 heterocycles. The number of carbonyl (C=O) groups is 1. The van der Waals surface area contributed by atoms with Crippen LogP contribution in [-0.2, 0) is 17.9 Å². The smallest absolute Gasteiger partial charge is 0.223 e. The summed E-state index contributed by atoms with van der Waals surface area (Å²) in [5, 5.41) is 4.54. The number of carbonyl (C=O) groups excluding carboxylic acids is 1. The maximum absolute atomic E-state index is 12.8. The molecule has 5 heteroatoms. The zero-order valence-corrected chi connectivity index (χ0v) is 21.7. The molecule has 0 atom stereocenters. The van der Waals surface area contributed by atoms with E-state index in [4.69, 9.17) is 0 Å². The van der Waals surface area contributed by atoms with Gasteiger partial charge in [-0.1, -0.05) is 61.4 Å². The van der Waals surface area contributed by atoms with E-state index in [0.717, 1.165) is 58.5 Å². The van der Waals surface area contributed by atoms with Crippen LogP contribution in [0.5, 0.6) is 0 Å². The molecule has 2 saturated heterocycles. The van der Waals surface area contributed by atoms with E-state index in [1.807, 2.05) is 0 Å². The summed E-state index contributed by atoms with van der Waals surface area (Å²) in [6, 6.07) is 21.8. The van der Waals surface area contributed by atoms with E-state index in [1.165, 1.54) is 60.9 Å². The van der Waals surface area contributed by atoms with Crippen molar-refractivity contribution in [2.45, 2.75) is 58.0 Å². The molecule has 0 unspecified atom stereocenters. The first-order chi connectivity index (χ1) is 17.8. The van der Waals surface area contributed by atoms with Crippen LogP contribution in [0.4, 0.5) is 0 Å². The molecule has 1 N–H and O–H groups in total. The molecule has 0 spiro atoms. The van der Waals surface area contributed by atoms with Crippen LogP contribution in [0.25, 0.3) is 10.9 Å². The van der Waals surface area contributed by atoms with Crippen LogP contribution >= 0.6 is 0 Å². The Labute approximate surface area is 216 Å². The van der Waals surface area contributed by atoms with E-state index >= 15 is 0 Å². The molecular formula is C31H42N4O. The fraction of sp³-hybridized carbons (Fsp3) is 0.516. The largest absolute Gasteiger partial charge is 0.356 e. The minimum atomic E-state index is 0.162. The molecular weight excluding hydrogens is 444 g/mol. The van der Waals surface area contributed by atoms with Crippen molar-refractivity contribution in [3.8, 4) is 0 Å².